The Morgan fingerprint density at radius 3 is 2.50 bits per heavy atom. The normalized spacial score (nSPS) is 10.9. The van der Waals surface area contributed by atoms with Crippen LogP contribution in [0.2, 0.25) is 0 Å². The van der Waals surface area contributed by atoms with Gasteiger partial charge in [-0.2, -0.15) is 0 Å². The molecule has 1 aromatic carbocycles. The lowest BCUT2D eigenvalue weighted by Gasteiger charge is -2.24. The van der Waals surface area contributed by atoms with Crippen molar-refractivity contribution in [3.8, 4) is 5.75 Å². The minimum Gasteiger partial charge on any atom is -0.492 e. The molecule has 0 aliphatic carbocycles. The van der Waals surface area contributed by atoms with Crippen molar-refractivity contribution in [2.24, 2.45) is 0 Å². The summed E-state index contributed by atoms with van der Waals surface area (Å²) in [4.78, 5) is 11.3. The van der Waals surface area contributed by atoms with E-state index >= 15 is 0 Å². The van der Waals surface area contributed by atoms with Crippen LogP contribution in [0.15, 0.2) is 24.3 Å². The zero-order valence-corrected chi connectivity index (χ0v) is 13.9. The van der Waals surface area contributed by atoms with Crippen molar-refractivity contribution in [1.82, 2.24) is 5.32 Å². The Balaban J connectivity index is 2.89. The van der Waals surface area contributed by atoms with Gasteiger partial charge in [0.2, 0.25) is 10.0 Å². The molecule has 1 N–H and O–H groups in total. The minimum absolute atomic E-state index is 0.0851. The van der Waals surface area contributed by atoms with E-state index in [1.54, 1.807) is 31.2 Å². The van der Waals surface area contributed by atoms with Gasteiger partial charge < -0.3 is 14.8 Å². The highest BCUT2D eigenvalue weighted by Gasteiger charge is 2.20. The van der Waals surface area contributed by atoms with Crippen molar-refractivity contribution in [2.75, 3.05) is 36.9 Å². The molecule has 1 rings (SSSR count). The molecule has 1 amide bonds. The summed E-state index contributed by atoms with van der Waals surface area (Å²) in [6.07, 6.45) is 0.536. The van der Waals surface area contributed by atoms with Crippen molar-refractivity contribution in [3.05, 3.63) is 24.3 Å². The fourth-order valence-electron chi connectivity index (χ4n) is 1.85. The van der Waals surface area contributed by atoms with Gasteiger partial charge in [0.15, 0.2) is 0 Å². The summed E-state index contributed by atoms with van der Waals surface area (Å²) in [5, 5.41) is 2.50. The third kappa shape index (κ3) is 5.44. The molecule has 1 aromatic rings. The van der Waals surface area contributed by atoms with Gasteiger partial charge in [-0.3, -0.25) is 4.31 Å². The van der Waals surface area contributed by atoms with Crippen LogP contribution in [0.4, 0.5) is 10.5 Å². The number of para-hydroxylation sites is 2. The molecule has 8 heteroatoms. The second kappa shape index (κ2) is 8.47. The van der Waals surface area contributed by atoms with Crippen LogP contribution >= 0.6 is 0 Å². The largest absolute Gasteiger partial charge is 0.492 e. The minimum atomic E-state index is -3.51. The summed E-state index contributed by atoms with van der Waals surface area (Å²) in [7, 11) is -3.51. The molecular weight excluding hydrogens is 308 g/mol. The van der Waals surface area contributed by atoms with E-state index in [0.717, 1.165) is 6.26 Å². The second-order valence-corrected chi connectivity index (χ2v) is 6.29. The highest BCUT2D eigenvalue weighted by atomic mass is 32.2. The van der Waals surface area contributed by atoms with Crippen molar-refractivity contribution < 1.29 is 22.7 Å². The van der Waals surface area contributed by atoms with E-state index < -0.39 is 16.1 Å². The van der Waals surface area contributed by atoms with Crippen LogP contribution in [0.3, 0.4) is 0 Å². The third-order valence-corrected chi connectivity index (χ3v) is 3.87. The summed E-state index contributed by atoms with van der Waals surface area (Å²) < 4.78 is 35.4. The van der Waals surface area contributed by atoms with Crippen LogP contribution in [-0.2, 0) is 14.8 Å². The quantitative estimate of drug-likeness (QED) is 0.782. The number of ether oxygens (including phenoxy) is 2. The molecule has 0 aliphatic rings. The number of anilines is 1. The summed E-state index contributed by atoms with van der Waals surface area (Å²) >= 11 is 0. The maximum absolute atomic E-state index is 12.0. The van der Waals surface area contributed by atoms with Gasteiger partial charge in [-0.05, 0) is 26.0 Å². The molecule has 0 saturated heterocycles. The Kier molecular flexibility index (Phi) is 6.97. The Morgan fingerprint density at radius 1 is 1.23 bits per heavy atom. The van der Waals surface area contributed by atoms with Gasteiger partial charge in [0.05, 0.1) is 31.7 Å². The van der Waals surface area contributed by atoms with Crippen LogP contribution in [0.1, 0.15) is 13.8 Å². The number of nitrogens with zero attached hydrogens (tertiary/aromatic N) is 1. The third-order valence-electron chi connectivity index (χ3n) is 2.69. The second-order valence-electron chi connectivity index (χ2n) is 4.38. The molecule has 0 heterocycles. The zero-order valence-electron chi connectivity index (χ0n) is 13.0. The average molecular weight is 330 g/mol. The monoisotopic (exact) mass is 330 g/mol. The predicted octanol–water partition coefficient (Wildman–Crippen LogP) is 1.60. The summed E-state index contributed by atoms with van der Waals surface area (Å²) in [5.41, 5.74) is 0.442. The smallest absolute Gasteiger partial charge is 0.407 e. The maximum Gasteiger partial charge on any atom is 0.407 e. The first kappa shape index (κ1) is 18.1. The number of nitrogens with one attached hydrogen (secondary N) is 1. The SMILES string of the molecule is CCOC(=O)NCCN(c1ccccc1OCC)S(C)(=O)=O. The zero-order chi connectivity index (χ0) is 16.6. The highest BCUT2D eigenvalue weighted by Crippen LogP contribution is 2.29. The Hall–Kier alpha value is -1.96. The lowest BCUT2D eigenvalue weighted by Crippen LogP contribution is -2.38. The lowest BCUT2D eigenvalue weighted by atomic mass is 10.3. The van der Waals surface area contributed by atoms with E-state index in [1.807, 2.05) is 6.92 Å². The number of sulfonamides is 1. The lowest BCUT2D eigenvalue weighted by molar-refractivity contribution is 0.152. The fourth-order valence-corrected chi connectivity index (χ4v) is 2.78. The molecule has 0 atom stereocenters. The van der Waals surface area contributed by atoms with E-state index in [-0.39, 0.29) is 19.7 Å². The van der Waals surface area contributed by atoms with Gasteiger partial charge in [0.25, 0.3) is 0 Å². The van der Waals surface area contributed by atoms with Crippen molar-refractivity contribution in [1.29, 1.82) is 0 Å². The van der Waals surface area contributed by atoms with E-state index in [4.69, 9.17) is 9.47 Å². The molecule has 22 heavy (non-hydrogen) atoms. The molecule has 0 spiro atoms. The molecule has 0 radical (unpaired) electrons. The number of carbonyl (C=O) groups excluding carboxylic acids is 1. The van der Waals surface area contributed by atoms with Gasteiger partial charge in [-0.15, -0.1) is 0 Å². The molecule has 0 unspecified atom stereocenters. The van der Waals surface area contributed by atoms with E-state index in [2.05, 4.69) is 5.32 Å². The van der Waals surface area contributed by atoms with Crippen molar-refractivity contribution >= 4 is 21.8 Å². The molecule has 0 aromatic heterocycles. The van der Waals surface area contributed by atoms with Gasteiger partial charge >= 0.3 is 6.09 Å². The first-order chi connectivity index (χ1) is 10.4. The topological polar surface area (TPSA) is 84.9 Å². The number of hydrogen-bond acceptors (Lipinski definition) is 5. The molecule has 0 aliphatic heterocycles. The van der Waals surface area contributed by atoms with E-state index in [1.165, 1.54) is 4.31 Å². The number of carbonyl (C=O) groups is 1. The highest BCUT2D eigenvalue weighted by molar-refractivity contribution is 7.92. The van der Waals surface area contributed by atoms with Crippen LogP contribution in [0.25, 0.3) is 0 Å². The average Bonchev–Trinajstić information content (AvgIpc) is 2.44. The maximum atomic E-state index is 12.0. The van der Waals surface area contributed by atoms with Crippen LogP contribution in [0.5, 0.6) is 5.75 Å². The number of benzene rings is 1. The van der Waals surface area contributed by atoms with E-state index in [0.29, 0.717) is 18.0 Å². The van der Waals surface area contributed by atoms with E-state index in [9.17, 15) is 13.2 Å². The van der Waals surface area contributed by atoms with Gasteiger partial charge in [-0.1, -0.05) is 12.1 Å². The summed E-state index contributed by atoms with van der Waals surface area (Å²) in [6.45, 7) is 4.42. The number of rotatable bonds is 8. The Morgan fingerprint density at radius 2 is 1.91 bits per heavy atom. The Labute approximate surface area is 131 Å². The van der Waals surface area contributed by atoms with Crippen molar-refractivity contribution in [3.63, 3.8) is 0 Å². The number of hydrogen-bond donors (Lipinski definition) is 1. The van der Waals surface area contributed by atoms with Gasteiger partial charge in [0.1, 0.15) is 5.75 Å². The Bertz CT molecular complexity index is 589. The molecule has 0 fully saturated rings. The number of amides is 1. The molecule has 0 saturated carbocycles. The molecule has 0 bridgehead atoms. The van der Waals surface area contributed by atoms with Crippen LogP contribution < -0.4 is 14.4 Å². The number of alkyl carbamates (subject to hydrolysis) is 1. The van der Waals surface area contributed by atoms with Crippen LogP contribution in [-0.4, -0.2) is 47.1 Å². The summed E-state index contributed by atoms with van der Waals surface area (Å²) in [6, 6.07) is 6.87. The fraction of sp³-hybridized carbons (Fsp3) is 0.500. The molecular formula is C14H22N2O5S. The summed E-state index contributed by atoms with van der Waals surface area (Å²) in [5.74, 6) is 0.478. The van der Waals surface area contributed by atoms with Gasteiger partial charge in [0, 0.05) is 6.54 Å². The first-order valence-corrected chi connectivity index (χ1v) is 8.85. The standard InChI is InChI=1S/C14H22N2O5S/c1-4-20-13-9-7-6-8-12(13)16(22(3,18)19)11-10-15-14(17)21-5-2/h6-9H,4-5,10-11H2,1-3H3,(H,15,17). The first-order valence-electron chi connectivity index (χ1n) is 7.00. The van der Waals surface area contributed by atoms with Gasteiger partial charge in [-0.25, -0.2) is 13.2 Å². The van der Waals surface area contributed by atoms with Crippen molar-refractivity contribution in [2.45, 2.75) is 13.8 Å². The predicted molar refractivity (Wildman–Crippen MR) is 84.8 cm³/mol. The molecule has 7 nitrogen and oxygen atoms in total. The van der Waals surface area contributed by atoms with Crippen LogP contribution in [0, 0.1) is 0 Å². The molecule has 124 valence electrons.